The predicted molar refractivity (Wildman–Crippen MR) is 160 cm³/mol. The minimum Gasteiger partial charge on any atom is -0.357 e. The van der Waals surface area contributed by atoms with Gasteiger partial charge in [-0.15, -0.1) is 0 Å². The lowest BCUT2D eigenvalue weighted by atomic mass is 10.0. The zero-order valence-electron chi connectivity index (χ0n) is 22.3. The van der Waals surface area contributed by atoms with Gasteiger partial charge in [-0.05, 0) is 59.7 Å². The third kappa shape index (κ3) is 7.59. The molecular formula is C31H29BrFN3O4S. The quantitative estimate of drug-likeness (QED) is 0.246. The van der Waals surface area contributed by atoms with Gasteiger partial charge in [0, 0.05) is 24.5 Å². The van der Waals surface area contributed by atoms with Gasteiger partial charge in [0.1, 0.15) is 18.4 Å². The Labute approximate surface area is 247 Å². The third-order valence-corrected chi connectivity index (χ3v) is 8.77. The molecule has 0 aliphatic carbocycles. The molecule has 0 aromatic heterocycles. The van der Waals surface area contributed by atoms with Crippen molar-refractivity contribution in [2.75, 3.05) is 17.9 Å². The highest BCUT2D eigenvalue weighted by Gasteiger charge is 2.34. The van der Waals surface area contributed by atoms with Crippen molar-refractivity contribution in [2.24, 2.45) is 0 Å². The van der Waals surface area contributed by atoms with Crippen molar-refractivity contribution in [1.82, 2.24) is 10.2 Å². The van der Waals surface area contributed by atoms with E-state index in [0.29, 0.717) is 0 Å². The molecule has 7 nitrogen and oxygen atoms in total. The van der Waals surface area contributed by atoms with Crippen LogP contribution in [0.2, 0.25) is 0 Å². The first-order valence-corrected chi connectivity index (χ1v) is 15.0. The second-order valence-electron chi connectivity index (χ2n) is 9.27. The fourth-order valence-electron chi connectivity index (χ4n) is 4.41. The summed E-state index contributed by atoms with van der Waals surface area (Å²) in [4.78, 5) is 28.7. The van der Waals surface area contributed by atoms with Gasteiger partial charge in [-0.25, -0.2) is 12.8 Å². The molecule has 0 saturated carbocycles. The van der Waals surface area contributed by atoms with Crippen molar-refractivity contribution >= 4 is 43.5 Å². The van der Waals surface area contributed by atoms with Crippen molar-refractivity contribution < 1.29 is 22.4 Å². The average Bonchev–Trinajstić information content (AvgIpc) is 2.98. The summed E-state index contributed by atoms with van der Waals surface area (Å²) in [6, 6.07) is 28.4. The summed E-state index contributed by atoms with van der Waals surface area (Å²) in [6.45, 7) is -0.525. The summed E-state index contributed by atoms with van der Waals surface area (Å²) in [7, 11) is -2.78. The van der Waals surface area contributed by atoms with Crippen LogP contribution in [0.15, 0.2) is 119 Å². The number of anilines is 1. The number of nitrogens with zero attached hydrogens (tertiary/aromatic N) is 2. The Balaban J connectivity index is 1.77. The molecule has 1 unspecified atom stereocenters. The van der Waals surface area contributed by atoms with Crippen LogP contribution < -0.4 is 9.62 Å². The van der Waals surface area contributed by atoms with Gasteiger partial charge < -0.3 is 10.2 Å². The number of para-hydroxylation sites is 1. The maximum Gasteiger partial charge on any atom is 0.264 e. The number of benzene rings is 4. The lowest BCUT2D eigenvalue weighted by Gasteiger charge is -2.33. The molecule has 1 atom stereocenters. The molecule has 0 heterocycles. The molecule has 0 saturated heterocycles. The number of amides is 2. The SMILES string of the molecule is CNC(=O)C(Cc1ccccc1)N(Cc1cccc(Br)c1)C(=O)CN(c1ccccc1)S(=O)(=O)c1ccc(F)cc1. The zero-order valence-corrected chi connectivity index (χ0v) is 24.7. The molecule has 212 valence electrons. The Morgan fingerprint density at radius 3 is 2.07 bits per heavy atom. The van der Waals surface area contributed by atoms with Crippen molar-refractivity contribution in [3.05, 3.63) is 131 Å². The highest BCUT2D eigenvalue weighted by molar-refractivity contribution is 9.10. The van der Waals surface area contributed by atoms with E-state index in [1.54, 1.807) is 30.3 Å². The number of hydrogen-bond donors (Lipinski definition) is 1. The van der Waals surface area contributed by atoms with E-state index in [9.17, 15) is 22.4 Å². The number of hydrogen-bond acceptors (Lipinski definition) is 4. The molecule has 4 rings (SSSR count). The summed E-state index contributed by atoms with van der Waals surface area (Å²) in [5, 5.41) is 2.65. The molecular weight excluding hydrogens is 609 g/mol. The third-order valence-electron chi connectivity index (χ3n) is 6.48. The molecule has 0 radical (unpaired) electrons. The molecule has 4 aromatic carbocycles. The molecule has 0 aliphatic rings. The molecule has 10 heteroatoms. The fourth-order valence-corrected chi connectivity index (χ4v) is 6.27. The molecule has 0 fully saturated rings. The van der Waals surface area contributed by atoms with E-state index < -0.39 is 34.3 Å². The Kier molecular flexibility index (Phi) is 9.91. The zero-order chi connectivity index (χ0) is 29.4. The first-order valence-electron chi connectivity index (χ1n) is 12.8. The largest absolute Gasteiger partial charge is 0.357 e. The summed E-state index contributed by atoms with van der Waals surface area (Å²) in [5.74, 6) is -1.55. The first-order chi connectivity index (χ1) is 19.7. The number of rotatable bonds is 11. The number of carbonyl (C=O) groups is 2. The molecule has 41 heavy (non-hydrogen) atoms. The molecule has 0 aliphatic heterocycles. The second-order valence-corrected chi connectivity index (χ2v) is 12.1. The van der Waals surface area contributed by atoms with Gasteiger partial charge in [-0.3, -0.25) is 13.9 Å². The van der Waals surface area contributed by atoms with Crippen LogP contribution in [0.25, 0.3) is 0 Å². The molecule has 0 bridgehead atoms. The van der Waals surface area contributed by atoms with Gasteiger partial charge in [-0.1, -0.05) is 76.6 Å². The molecule has 2 amide bonds. The van der Waals surface area contributed by atoms with Gasteiger partial charge in [0.25, 0.3) is 10.0 Å². The van der Waals surface area contributed by atoms with Crippen LogP contribution in [0, 0.1) is 5.82 Å². The minimum atomic E-state index is -4.28. The monoisotopic (exact) mass is 637 g/mol. The van der Waals surface area contributed by atoms with Gasteiger partial charge in [0.2, 0.25) is 11.8 Å². The van der Waals surface area contributed by atoms with Crippen LogP contribution in [0.4, 0.5) is 10.1 Å². The average molecular weight is 639 g/mol. The van der Waals surface area contributed by atoms with Crippen LogP contribution in [-0.4, -0.2) is 44.8 Å². The van der Waals surface area contributed by atoms with Gasteiger partial charge in [-0.2, -0.15) is 0 Å². The van der Waals surface area contributed by atoms with E-state index in [1.165, 1.54) is 11.9 Å². The normalized spacial score (nSPS) is 11.9. The van der Waals surface area contributed by atoms with Gasteiger partial charge >= 0.3 is 0 Å². The Bertz CT molecular complexity index is 1590. The summed E-state index contributed by atoms with van der Waals surface area (Å²) in [6.07, 6.45) is 0.219. The highest BCUT2D eigenvalue weighted by Crippen LogP contribution is 2.25. The summed E-state index contributed by atoms with van der Waals surface area (Å²) < 4.78 is 43.0. The number of likely N-dealkylation sites (N-methyl/N-ethyl adjacent to an activating group) is 1. The minimum absolute atomic E-state index is 0.0580. The van der Waals surface area contributed by atoms with E-state index in [1.807, 2.05) is 54.6 Å². The Hall–Kier alpha value is -4.02. The van der Waals surface area contributed by atoms with E-state index in [-0.39, 0.29) is 29.5 Å². The number of nitrogens with one attached hydrogen (secondary N) is 1. The van der Waals surface area contributed by atoms with E-state index in [4.69, 9.17) is 0 Å². The number of sulfonamides is 1. The predicted octanol–water partition coefficient (Wildman–Crippen LogP) is 5.17. The van der Waals surface area contributed by atoms with Crippen LogP contribution >= 0.6 is 15.9 Å². The number of halogens is 2. The summed E-state index contributed by atoms with van der Waals surface area (Å²) in [5.41, 5.74) is 1.85. The van der Waals surface area contributed by atoms with Crippen LogP contribution in [0.3, 0.4) is 0 Å². The van der Waals surface area contributed by atoms with Crippen molar-refractivity contribution in [3.8, 4) is 0 Å². The number of carbonyl (C=O) groups excluding carboxylic acids is 2. The Morgan fingerprint density at radius 1 is 0.854 bits per heavy atom. The maximum atomic E-state index is 14.2. The van der Waals surface area contributed by atoms with Crippen molar-refractivity contribution in [3.63, 3.8) is 0 Å². The lowest BCUT2D eigenvalue weighted by molar-refractivity contribution is -0.139. The van der Waals surface area contributed by atoms with Gasteiger partial charge in [0.05, 0.1) is 10.6 Å². The van der Waals surface area contributed by atoms with Gasteiger partial charge in [0.15, 0.2) is 0 Å². The smallest absolute Gasteiger partial charge is 0.264 e. The van der Waals surface area contributed by atoms with Crippen molar-refractivity contribution in [2.45, 2.75) is 23.9 Å². The highest BCUT2D eigenvalue weighted by atomic mass is 79.9. The van der Waals surface area contributed by atoms with E-state index in [2.05, 4.69) is 21.2 Å². The molecule has 0 spiro atoms. The maximum absolute atomic E-state index is 14.2. The lowest BCUT2D eigenvalue weighted by Crippen LogP contribution is -2.53. The van der Waals surface area contributed by atoms with E-state index in [0.717, 1.165) is 44.2 Å². The molecule has 4 aromatic rings. The Morgan fingerprint density at radius 2 is 1.46 bits per heavy atom. The van der Waals surface area contributed by atoms with E-state index >= 15 is 0 Å². The van der Waals surface area contributed by atoms with Crippen LogP contribution in [0.1, 0.15) is 11.1 Å². The molecule has 1 N–H and O–H groups in total. The standard InChI is InChI=1S/C31H29BrFN3O4S/c1-34-31(38)29(20-23-9-4-2-5-10-23)35(21-24-11-8-12-25(32)19-24)30(37)22-36(27-13-6-3-7-14-27)41(39,40)28-17-15-26(33)16-18-28/h2-19,29H,20-22H2,1H3,(H,34,38). The van der Waals surface area contributed by atoms with Crippen LogP contribution in [-0.2, 0) is 32.6 Å². The summed E-state index contributed by atoms with van der Waals surface area (Å²) >= 11 is 3.45. The first kappa shape index (κ1) is 30.0. The van der Waals surface area contributed by atoms with Crippen molar-refractivity contribution in [1.29, 1.82) is 0 Å². The van der Waals surface area contributed by atoms with Crippen LogP contribution in [0.5, 0.6) is 0 Å². The fraction of sp³-hybridized carbons (Fsp3) is 0.161. The second kappa shape index (κ2) is 13.6. The topological polar surface area (TPSA) is 86.8 Å².